The summed E-state index contributed by atoms with van der Waals surface area (Å²) in [5.74, 6) is 0.579. The number of hydrogen-bond donors (Lipinski definition) is 2. The van der Waals surface area contributed by atoms with Gasteiger partial charge in [0.1, 0.15) is 5.69 Å². The lowest BCUT2D eigenvalue weighted by molar-refractivity contribution is 0.0600. The van der Waals surface area contributed by atoms with Crippen LogP contribution in [-0.2, 0) is 4.74 Å². The molecule has 0 bridgehead atoms. The number of fused-ring (bicyclic) bond motifs is 1. The summed E-state index contributed by atoms with van der Waals surface area (Å²) in [6.45, 7) is 0.209. The summed E-state index contributed by atoms with van der Waals surface area (Å²) in [7, 11) is 1.31. The van der Waals surface area contributed by atoms with Gasteiger partial charge in [0.2, 0.25) is 6.79 Å². The quantitative estimate of drug-likeness (QED) is 0.634. The standard InChI is InChI=1S/C19H15N3O5S/c1-25-18(24)11-2-4-12(5-3-11)20-17(23)14-9-28-19(22-14)21-13-6-7-15-16(8-13)27-10-26-15/h2-9H,10H2,1H3,(H,20,23)(H,21,22). The van der Waals surface area contributed by atoms with E-state index in [-0.39, 0.29) is 18.4 Å². The molecule has 4 rings (SSSR count). The van der Waals surface area contributed by atoms with E-state index >= 15 is 0 Å². The zero-order valence-corrected chi connectivity index (χ0v) is 15.5. The molecule has 1 aliphatic heterocycles. The van der Waals surface area contributed by atoms with Crippen molar-refractivity contribution in [3.8, 4) is 11.5 Å². The van der Waals surface area contributed by atoms with E-state index in [0.29, 0.717) is 27.9 Å². The fourth-order valence-electron chi connectivity index (χ4n) is 2.54. The Morgan fingerprint density at radius 2 is 1.82 bits per heavy atom. The molecule has 1 aliphatic rings. The highest BCUT2D eigenvalue weighted by molar-refractivity contribution is 7.14. The topological polar surface area (TPSA) is 98.8 Å². The molecule has 1 aromatic heterocycles. The number of ether oxygens (including phenoxy) is 3. The van der Waals surface area contributed by atoms with Gasteiger partial charge in [0.25, 0.3) is 5.91 Å². The number of nitrogens with one attached hydrogen (secondary N) is 2. The van der Waals surface area contributed by atoms with Crippen LogP contribution in [0.4, 0.5) is 16.5 Å². The zero-order valence-electron chi connectivity index (χ0n) is 14.7. The van der Waals surface area contributed by atoms with Gasteiger partial charge in [-0.2, -0.15) is 0 Å². The van der Waals surface area contributed by atoms with E-state index in [2.05, 4.69) is 20.4 Å². The third-order valence-electron chi connectivity index (χ3n) is 3.92. The first-order valence-corrected chi connectivity index (χ1v) is 9.12. The number of nitrogens with zero attached hydrogens (tertiary/aromatic N) is 1. The second kappa shape index (κ2) is 7.57. The molecule has 0 atom stereocenters. The molecule has 8 nitrogen and oxygen atoms in total. The normalized spacial score (nSPS) is 11.8. The molecule has 1 amide bonds. The molecule has 0 radical (unpaired) electrons. The number of methoxy groups -OCH3 is 1. The Balaban J connectivity index is 1.41. The molecule has 9 heteroatoms. The minimum atomic E-state index is -0.434. The number of thiazole rings is 1. The van der Waals surface area contributed by atoms with Crippen LogP contribution in [0.3, 0.4) is 0 Å². The van der Waals surface area contributed by atoms with E-state index in [1.165, 1.54) is 18.4 Å². The molecule has 28 heavy (non-hydrogen) atoms. The summed E-state index contributed by atoms with van der Waals surface area (Å²) >= 11 is 1.31. The Morgan fingerprint density at radius 1 is 1.07 bits per heavy atom. The summed E-state index contributed by atoms with van der Waals surface area (Å²) in [6.07, 6.45) is 0. The first kappa shape index (κ1) is 17.8. The van der Waals surface area contributed by atoms with E-state index in [1.807, 2.05) is 18.2 Å². The zero-order chi connectivity index (χ0) is 19.5. The SMILES string of the molecule is COC(=O)c1ccc(NC(=O)c2csc(Nc3ccc4c(c3)OCO4)n2)cc1. The van der Waals surface area contributed by atoms with Crippen molar-refractivity contribution in [3.63, 3.8) is 0 Å². The molecular weight excluding hydrogens is 382 g/mol. The van der Waals surface area contributed by atoms with Crippen LogP contribution in [0.2, 0.25) is 0 Å². The average molecular weight is 397 g/mol. The van der Waals surface area contributed by atoms with E-state index in [1.54, 1.807) is 29.6 Å². The highest BCUT2D eigenvalue weighted by Crippen LogP contribution is 2.35. The van der Waals surface area contributed by atoms with Gasteiger partial charge in [-0.3, -0.25) is 4.79 Å². The van der Waals surface area contributed by atoms with Crippen molar-refractivity contribution >= 4 is 39.7 Å². The molecule has 0 aliphatic carbocycles. The lowest BCUT2D eigenvalue weighted by Crippen LogP contribution is -2.12. The molecule has 142 valence electrons. The molecule has 0 fully saturated rings. The number of carbonyl (C=O) groups excluding carboxylic acids is 2. The van der Waals surface area contributed by atoms with Crippen molar-refractivity contribution in [2.75, 3.05) is 24.5 Å². The summed E-state index contributed by atoms with van der Waals surface area (Å²) < 4.78 is 15.3. The van der Waals surface area contributed by atoms with Crippen LogP contribution >= 0.6 is 11.3 Å². The smallest absolute Gasteiger partial charge is 0.337 e. The number of amides is 1. The fourth-order valence-corrected chi connectivity index (χ4v) is 3.25. The van der Waals surface area contributed by atoms with Gasteiger partial charge in [-0.15, -0.1) is 11.3 Å². The highest BCUT2D eigenvalue weighted by Gasteiger charge is 2.15. The van der Waals surface area contributed by atoms with Crippen molar-refractivity contribution in [2.24, 2.45) is 0 Å². The number of carbonyl (C=O) groups is 2. The van der Waals surface area contributed by atoms with Crippen LogP contribution in [0.5, 0.6) is 11.5 Å². The monoisotopic (exact) mass is 397 g/mol. The third-order valence-corrected chi connectivity index (χ3v) is 4.68. The molecule has 0 unspecified atom stereocenters. The van der Waals surface area contributed by atoms with Gasteiger partial charge in [-0.1, -0.05) is 0 Å². The van der Waals surface area contributed by atoms with Crippen LogP contribution in [-0.4, -0.2) is 30.8 Å². The third kappa shape index (κ3) is 3.74. The fraction of sp³-hybridized carbons (Fsp3) is 0.105. The second-order valence-electron chi connectivity index (χ2n) is 5.75. The number of aromatic nitrogens is 1. The summed E-state index contributed by atoms with van der Waals surface area (Å²) in [5.41, 5.74) is 2.02. The Kier molecular flexibility index (Phi) is 4.81. The predicted molar refractivity (Wildman–Crippen MR) is 104 cm³/mol. The van der Waals surface area contributed by atoms with Crippen LogP contribution in [0.25, 0.3) is 0 Å². The molecule has 2 heterocycles. The molecule has 2 aromatic carbocycles. The van der Waals surface area contributed by atoms with E-state index in [4.69, 9.17) is 9.47 Å². The van der Waals surface area contributed by atoms with Crippen molar-refractivity contribution in [2.45, 2.75) is 0 Å². The van der Waals surface area contributed by atoms with Gasteiger partial charge >= 0.3 is 5.97 Å². The van der Waals surface area contributed by atoms with Gasteiger partial charge in [0, 0.05) is 22.8 Å². The summed E-state index contributed by atoms with van der Waals surface area (Å²) in [4.78, 5) is 28.1. The minimum absolute atomic E-state index is 0.209. The molecule has 0 saturated heterocycles. The number of anilines is 3. The minimum Gasteiger partial charge on any atom is -0.465 e. The van der Waals surface area contributed by atoms with Crippen LogP contribution in [0.1, 0.15) is 20.8 Å². The summed E-state index contributed by atoms with van der Waals surface area (Å²) in [6, 6.07) is 11.9. The van der Waals surface area contributed by atoms with Crippen molar-refractivity contribution in [1.82, 2.24) is 4.98 Å². The predicted octanol–water partition coefficient (Wildman–Crippen LogP) is 3.65. The maximum Gasteiger partial charge on any atom is 0.337 e. The Labute approximate surface area is 164 Å². The lowest BCUT2D eigenvalue weighted by Gasteiger charge is -2.05. The number of rotatable bonds is 5. The first-order valence-electron chi connectivity index (χ1n) is 8.24. The van der Waals surface area contributed by atoms with Gasteiger partial charge in [0.05, 0.1) is 12.7 Å². The summed E-state index contributed by atoms with van der Waals surface area (Å²) in [5, 5.41) is 8.12. The number of esters is 1. The number of benzene rings is 2. The Hall–Kier alpha value is -3.59. The van der Waals surface area contributed by atoms with Crippen LogP contribution < -0.4 is 20.1 Å². The van der Waals surface area contributed by atoms with Gasteiger partial charge < -0.3 is 24.8 Å². The van der Waals surface area contributed by atoms with Crippen LogP contribution in [0.15, 0.2) is 47.8 Å². The first-order chi connectivity index (χ1) is 13.6. The van der Waals surface area contributed by atoms with E-state index in [0.717, 1.165) is 5.69 Å². The van der Waals surface area contributed by atoms with Crippen LogP contribution in [0, 0.1) is 0 Å². The Bertz CT molecular complexity index is 1030. The maximum absolute atomic E-state index is 12.4. The highest BCUT2D eigenvalue weighted by atomic mass is 32.1. The average Bonchev–Trinajstić information content (AvgIpc) is 3.37. The van der Waals surface area contributed by atoms with E-state index in [9.17, 15) is 9.59 Å². The molecule has 0 saturated carbocycles. The van der Waals surface area contributed by atoms with Crippen molar-refractivity contribution in [1.29, 1.82) is 0 Å². The van der Waals surface area contributed by atoms with Gasteiger partial charge in [0.15, 0.2) is 16.6 Å². The molecule has 2 N–H and O–H groups in total. The molecular formula is C19H15N3O5S. The van der Waals surface area contributed by atoms with Gasteiger partial charge in [-0.25, -0.2) is 9.78 Å². The van der Waals surface area contributed by atoms with Gasteiger partial charge in [-0.05, 0) is 36.4 Å². The molecule has 0 spiro atoms. The second-order valence-corrected chi connectivity index (χ2v) is 6.61. The van der Waals surface area contributed by atoms with Crippen molar-refractivity contribution in [3.05, 3.63) is 59.1 Å². The lowest BCUT2D eigenvalue weighted by atomic mass is 10.2. The maximum atomic E-state index is 12.4. The molecule has 3 aromatic rings. The van der Waals surface area contributed by atoms with E-state index < -0.39 is 5.97 Å². The Morgan fingerprint density at radius 3 is 2.61 bits per heavy atom. The number of hydrogen-bond acceptors (Lipinski definition) is 8. The largest absolute Gasteiger partial charge is 0.465 e. The van der Waals surface area contributed by atoms with Crippen molar-refractivity contribution < 1.29 is 23.8 Å².